The highest BCUT2D eigenvalue weighted by atomic mass is 32.1. The quantitative estimate of drug-likeness (QED) is 0.332. The number of aryl methyl sites for hydroxylation is 1. The second-order valence-corrected chi connectivity index (χ2v) is 7.79. The Morgan fingerprint density at radius 3 is 2.87 bits per heavy atom. The summed E-state index contributed by atoms with van der Waals surface area (Å²) in [7, 11) is 1.35. The molecule has 0 fully saturated rings. The standard InChI is InChI=1S/C23H23NO6S/c1-4-27-19(23(25)26-3)12-15-7-8-18(16-9-10-28-21(15)16)29-13-17-14(2)30-22(24-17)20-6-5-11-31-20/h5-11,19H,4,12-13H2,1-3H3. The first-order valence-electron chi connectivity index (χ1n) is 9.92. The zero-order chi connectivity index (χ0) is 21.8. The zero-order valence-corrected chi connectivity index (χ0v) is 18.4. The first-order valence-corrected chi connectivity index (χ1v) is 10.8. The molecule has 0 radical (unpaired) electrons. The number of methoxy groups -OCH3 is 1. The van der Waals surface area contributed by atoms with Crippen molar-refractivity contribution in [1.29, 1.82) is 0 Å². The fourth-order valence-corrected chi connectivity index (χ4v) is 3.99. The lowest BCUT2D eigenvalue weighted by molar-refractivity contribution is -0.153. The SMILES string of the molecule is CCOC(Cc1ccc(OCc2nc(-c3cccs3)oc2C)c2ccoc12)C(=O)OC. The van der Waals surface area contributed by atoms with Gasteiger partial charge in [-0.05, 0) is 43.0 Å². The molecule has 8 heteroatoms. The Morgan fingerprint density at radius 2 is 2.13 bits per heavy atom. The number of esters is 1. The van der Waals surface area contributed by atoms with Crippen LogP contribution in [0.3, 0.4) is 0 Å². The monoisotopic (exact) mass is 441 g/mol. The number of thiophene rings is 1. The van der Waals surface area contributed by atoms with Crippen LogP contribution in [0.5, 0.6) is 5.75 Å². The molecular weight excluding hydrogens is 418 g/mol. The number of ether oxygens (including phenoxy) is 3. The summed E-state index contributed by atoms with van der Waals surface area (Å²) < 4.78 is 27.9. The van der Waals surface area contributed by atoms with Gasteiger partial charge in [0.15, 0.2) is 6.10 Å². The third kappa shape index (κ3) is 4.50. The van der Waals surface area contributed by atoms with Crippen molar-refractivity contribution in [3.05, 3.63) is 59.0 Å². The third-order valence-corrected chi connectivity index (χ3v) is 5.74. The summed E-state index contributed by atoms with van der Waals surface area (Å²) in [6.07, 6.45) is 1.26. The summed E-state index contributed by atoms with van der Waals surface area (Å²) in [5, 5.41) is 2.80. The Balaban J connectivity index is 1.53. The summed E-state index contributed by atoms with van der Waals surface area (Å²) in [5.74, 6) is 1.57. The largest absolute Gasteiger partial charge is 0.486 e. The van der Waals surface area contributed by atoms with Gasteiger partial charge in [-0.25, -0.2) is 9.78 Å². The minimum atomic E-state index is -0.691. The van der Waals surface area contributed by atoms with E-state index in [0.717, 1.165) is 27.3 Å². The van der Waals surface area contributed by atoms with Gasteiger partial charge >= 0.3 is 5.97 Å². The van der Waals surface area contributed by atoms with Crippen molar-refractivity contribution in [2.75, 3.05) is 13.7 Å². The van der Waals surface area contributed by atoms with E-state index >= 15 is 0 Å². The molecule has 0 saturated carbocycles. The molecule has 0 amide bonds. The lowest BCUT2D eigenvalue weighted by Crippen LogP contribution is -2.28. The highest BCUT2D eigenvalue weighted by molar-refractivity contribution is 7.13. The summed E-state index contributed by atoms with van der Waals surface area (Å²) in [4.78, 5) is 17.6. The second kappa shape index (κ2) is 9.36. The molecule has 162 valence electrons. The number of nitrogens with zero attached hydrogens (tertiary/aromatic N) is 1. The van der Waals surface area contributed by atoms with Gasteiger partial charge in [0.05, 0.1) is 23.6 Å². The van der Waals surface area contributed by atoms with Crippen molar-refractivity contribution in [3.63, 3.8) is 0 Å². The minimum Gasteiger partial charge on any atom is -0.486 e. The third-order valence-electron chi connectivity index (χ3n) is 4.88. The highest BCUT2D eigenvalue weighted by Gasteiger charge is 2.23. The molecule has 0 N–H and O–H groups in total. The minimum absolute atomic E-state index is 0.268. The van der Waals surface area contributed by atoms with Crippen LogP contribution in [0.4, 0.5) is 0 Å². The molecule has 0 saturated heterocycles. The average Bonchev–Trinajstić information content (AvgIpc) is 3.53. The maximum atomic E-state index is 12.0. The smallest absolute Gasteiger partial charge is 0.335 e. The van der Waals surface area contributed by atoms with E-state index in [1.54, 1.807) is 17.6 Å². The maximum absolute atomic E-state index is 12.0. The fourth-order valence-electron chi connectivity index (χ4n) is 3.34. The van der Waals surface area contributed by atoms with Crippen LogP contribution >= 0.6 is 11.3 Å². The average molecular weight is 442 g/mol. The number of benzene rings is 1. The van der Waals surface area contributed by atoms with E-state index in [9.17, 15) is 4.79 Å². The van der Waals surface area contributed by atoms with Gasteiger partial charge in [-0.2, -0.15) is 0 Å². The fraction of sp³-hybridized carbons (Fsp3) is 0.304. The van der Waals surface area contributed by atoms with E-state index in [4.69, 9.17) is 23.0 Å². The number of carbonyl (C=O) groups is 1. The molecular formula is C23H23NO6S. The number of aromatic nitrogens is 1. The first kappa shape index (κ1) is 21.1. The number of furan rings is 1. The van der Waals surface area contributed by atoms with Crippen LogP contribution < -0.4 is 4.74 Å². The molecule has 3 aromatic heterocycles. The van der Waals surface area contributed by atoms with E-state index < -0.39 is 12.1 Å². The van der Waals surface area contributed by atoms with Crippen LogP contribution in [0, 0.1) is 6.92 Å². The van der Waals surface area contributed by atoms with Gasteiger partial charge in [0.1, 0.15) is 29.4 Å². The molecule has 0 aliphatic carbocycles. The van der Waals surface area contributed by atoms with Crippen molar-refractivity contribution >= 4 is 28.3 Å². The number of rotatable bonds is 9. The van der Waals surface area contributed by atoms with Crippen molar-refractivity contribution < 1.29 is 27.8 Å². The van der Waals surface area contributed by atoms with Crippen molar-refractivity contribution in [2.24, 2.45) is 0 Å². The highest BCUT2D eigenvalue weighted by Crippen LogP contribution is 2.32. The number of fused-ring (bicyclic) bond motifs is 1. The van der Waals surface area contributed by atoms with Crippen LogP contribution in [-0.2, 0) is 27.3 Å². The molecule has 31 heavy (non-hydrogen) atoms. The van der Waals surface area contributed by atoms with Gasteiger partial charge in [-0.15, -0.1) is 11.3 Å². The van der Waals surface area contributed by atoms with Crippen molar-refractivity contribution in [3.8, 4) is 16.5 Å². The van der Waals surface area contributed by atoms with Crippen LogP contribution in [-0.4, -0.2) is 30.8 Å². The van der Waals surface area contributed by atoms with E-state index in [1.165, 1.54) is 7.11 Å². The Bertz CT molecular complexity index is 1160. The number of hydrogen-bond acceptors (Lipinski definition) is 8. The molecule has 0 bridgehead atoms. The Morgan fingerprint density at radius 1 is 1.26 bits per heavy atom. The van der Waals surface area contributed by atoms with E-state index in [-0.39, 0.29) is 6.61 Å². The van der Waals surface area contributed by atoms with Crippen LogP contribution in [0.15, 0.2) is 50.8 Å². The van der Waals surface area contributed by atoms with Gasteiger partial charge in [0, 0.05) is 13.0 Å². The summed E-state index contributed by atoms with van der Waals surface area (Å²) >= 11 is 1.58. The Kier molecular flexibility index (Phi) is 6.39. The van der Waals surface area contributed by atoms with Gasteiger partial charge in [-0.3, -0.25) is 0 Å². The molecule has 4 rings (SSSR count). The maximum Gasteiger partial charge on any atom is 0.335 e. The molecule has 4 aromatic rings. The van der Waals surface area contributed by atoms with E-state index in [0.29, 0.717) is 30.3 Å². The van der Waals surface area contributed by atoms with E-state index in [2.05, 4.69) is 4.98 Å². The molecule has 7 nitrogen and oxygen atoms in total. The molecule has 1 atom stereocenters. The second-order valence-electron chi connectivity index (χ2n) is 6.85. The van der Waals surface area contributed by atoms with E-state index in [1.807, 2.05) is 49.6 Å². The topological polar surface area (TPSA) is 83.9 Å². The molecule has 0 spiro atoms. The van der Waals surface area contributed by atoms with Gasteiger partial charge in [0.2, 0.25) is 5.89 Å². The predicted octanol–water partition coefficient (Wildman–Crippen LogP) is 5.16. The van der Waals surface area contributed by atoms with Crippen LogP contribution in [0.2, 0.25) is 0 Å². The van der Waals surface area contributed by atoms with Crippen molar-refractivity contribution in [2.45, 2.75) is 33.0 Å². The Hall–Kier alpha value is -3.10. The van der Waals surface area contributed by atoms with Crippen LogP contribution in [0.25, 0.3) is 21.7 Å². The van der Waals surface area contributed by atoms with Gasteiger partial charge in [-0.1, -0.05) is 12.1 Å². The lowest BCUT2D eigenvalue weighted by Gasteiger charge is -2.15. The summed E-state index contributed by atoms with van der Waals surface area (Å²) in [6.45, 7) is 4.39. The normalized spacial score (nSPS) is 12.2. The lowest BCUT2D eigenvalue weighted by atomic mass is 10.0. The Labute approximate surface area is 183 Å². The molecule has 0 aliphatic heterocycles. The van der Waals surface area contributed by atoms with Crippen LogP contribution in [0.1, 0.15) is 23.9 Å². The molecule has 1 aromatic carbocycles. The molecule has 3 heterocycles. The number of oxazole rings is 1. The van der Waals surface area contributed by atoms with Gasteiger partial charge < -0.3 is 23.0 Å². The number of carbonyl (C=O) groups excluding carboxylic acids is 1. The zero-order valence-electron chi connectivity index (χ0n) is 17.5. The number of hydrogen-bond donors (Lipinski definition) is 0. The predicted molar refractivity (Wildman–Crippen MR) is 116 cm³/mol. The summed E-state index contributed by atoms with van der Waals surface area (Å²) in [5.41, 5.74) is 2.24. The molecule has 1 unspecified atom stereocenters. The molecule has 0 aliphatic rings. The first-order chi connectivity index (χ1) is 15.1. The van der Waals surface area contributed by atoms with Gasteiger partial charge in [0.25, 0.3) is 0 Å². The summed E-state index contributed by atoms with van der Waals surface area (Å²) in [6, 6.07) is 9.52. The van der Waals surface area contributed by atoms with Crippen molar-refractivity contribution in [1.82, 2.24) is 4.98 Å².